The highest BCUT2D eigenvalue weighted by atomic mass is 32.2. The number of anilines is 3. The number of benzene rings is 2. The second kappa shape index (κ2) is 10.6. The van der Waals surface area contributed by atoms with Crippen molar-refractivity contribution < 1.29 is 27.9 Å². The van der Waals surface area contributed by atoms with Gasteiger partial charge < -0.3 is 23.9 Å². The van der Waals surface area contributed by atoms with Crippen molar-refractivity contribution in [3.8, 4) is 0 Å². The molecule has 0 aliphatic heterocycles. The lowest BCUT2D eigenvalue weighted by atomic mass is 10.2. The Bertz CT molecular complexity index is 707. The van der Waals surface area contributed by atoms with Crippen LogP contribution in [-0.2, 0) is 22.7 Å². The molecule has 10 heteroatoms. The normalized spacial score (nSPS) is 11.4. The molecule has 0 radical (unpaired) electrons. The van der Waals surface area contributed by atoms with Gasteiger partial charge in [-0.3, -0.25) is 0 Å². The van der Waals surface area contributed by atoms with Gasteiger partial charge in [0.05, 0.1) is 18.2 Å². The average molecular weight is 413 g/mol. The Morgan fingerprint density at radius 1 is 0.926 bits per heavy atom. The number of aryl methyl sites for hydroxylation is 1. The maximum Gasteiger partial charge on any atom is 0.520 e. The van der Waals surface area contributed by atoms with Crippen molar-refractivity contribution in [2.45, 2.75) is 11.8 Å². The van der Waals surface area contributed by atoms with E-state index in [0.717, 1.165) is 29.1 Å². The van der Waals surface area contributed by atoms with Gasteiger partial charge in [-0.25, -0.2) is 5.26 Å². The van der Waals surface area contributed by atoms with Crippen LogP contribution in [0.5, 0.6) is 0 Å². The van der Waals surface area contributed by atoms with Crippen molar-refractivity contribution in [3.05, 3.63) is 48.0 Å². The SMILES string of the molecule is CO[Si](CNc1cc(Nc2ccc(C)cc2)cc(SOOO)c1)(OC)OC. The van der Waals surface area contributed by atoms with Crippen LogP contribution >= 0.6 is 12.0 Å². The zero-order chi connectivity index (χ0) is 19.7. The van der Waals surface area contributed by atoms with Gasteiger partial charge in [0, 0.05) is 43.3 Å². The van der Waals surface area contributed by atoms with E-state index in [1.807, 2.05) is 49.4 Å². The monoisotopic (exact) mass is 412 g/mol. The molecule has 0 heterocycles. The fourth-order valence-corrected chi connectivity index (χ4v) is 4.17. The maximum absolute atomic E-state index is 8.41. The minimum Gasteiger partial charge on any atom is -0.380 e. The molecular weight excluding hydrogens is 388 g/mol. The molecule has 0 bridgehead atoms. The minimum absolute atomic E-state index is 0.381. The molecule has 0 fully saturated rings. The van der Waals surface area contributed by atoms with E-state index in [1.54, 1.807) is 21.3 Å². The molecule has 0 spiro atoms. The highest BCUT2D eigenvalue weighted by molar-refractivity contribution is 7.94. The van der Waals surface area contributed by atoms with Crippen molar-refractivity contribution in [2.75, 3.05) is 38.1 Å². The molecule has 2 aromatic carbocycles. The van der Waals surface area contributed by atoms with Crippen LogP contribution in [0.15, 0.2) is 47.4 Å². The van der Waals surface area contributed by atoms with Crippen LogP contribution < -0.4 is 10.6 Å². The van der Waals surface area contributed by atoms with Crippen LogP contribution in [-0.4, -0.2) is 41.6 Å². The van der Waals surface area contributed by atoms with E-state index in [4.69, 9.17) is 18.5 Å². The van der Waals surface area contributed by atoms with Crippen LogP contribution in [0.1, 0.15) is 5.56 Å². The largest absolute Gasteiger partial charge is 0.520 e. The average Bonchev–Trinajstić information content (AvgIpc) is 2.69. The minimum atomic E-state index is -2.78. The second-order valence-electron chi connectivity index (χ2n) is 5.61. The molecule has 0 aliphatic carbocycles. The third-order valence-corrected chi connectivity index (χ3v) is 6.88. The first-order valence-corrected chi connectivity index (χ1v) is 10.7. The molecule has 148 valence electrons. The van der Waals surface area contributed by atoms with Gasteiger partial charge in [-0.2, -0.15) is 0 Å². The van der Waals surface area contributed by atoms with E-state index in [1.165, 1.54) is 5.56 Å². The summed E-state index contributed by atoms with van der Waals surface area (Å²) in [5.74, 6) is 0. The number of hydrogen-bond acceptors (Lipinski definition) is 9. The van der Waals surface area contributed by atoms with Crippen molar-refractivity contribution >= 4 is 37.9 Å². The molecule has 3 N–H and O–H groups in total. The molecule has 2 aromatic rings. The summed E-state index contributed by atoms with van der Waals surface area (Å²) in [7, 11) is 1.90. The lowest BCUT2D eigenvalue weighted by Gasteiger charge is -2.25. The van der Waals surface area contributed by atoms with Crippen LogP contribution in [0, 0.1) is 6.92 Å². The Morgan fingerprint density at radius 2 is 1.56 bits per heavy atom. The Hall–Kier alpha value is -1.63. The lowest BCUT2D eigenvalue weighted by Crippen LogP contribution is -2.49. The number of hydrogen-bond donors (Lipinski definition) is 3. The summed E-state index contributed by atoms with van der Waals surface area (Å²) in [4.78, 5) is 0.711. The first-order chi connectivity index (χ1) is 13.0. The summed E-state index contributed by atoms with van der Waals surface area (Å²) in [6.45, 7) is 2.03. The Kier molecular flexibility index (Phi) is 8.53. The summed E-state index contributed by atoms with van der Waals surface area (Å²) in [6, 6.07) is 13.7. The van der Waals surface area contributed by atoms with E-state index >= 15 is 0 Å². The van der Waals surface area contributed by atoms with E-state index in [2.05, 4.69) is 20.0 Å². The molecule has 2 rings (SSSR count). The first kappa shape index (κ1) is 21.7. The van der Waals surface area contributed by atoms with Gasteiger partial charge in [0.2, 0.25) is 0 Å². The first-order valence-electron chi connectivity index (χ1n) is 8.07. The molecule has 0 aliphatic rings. The van der Waals surface area contributed by atoms with Crippen molar-refractivity contribution in [1.82, 2.24) is 0 Å². The van der Waals surface area contributed by atoms with Gasteiger partial charge in [0.15, 0.2) is 0 Å². The molecule has 0 saturated carbocycles. The molecule has 0 aromatic heterocycles. The smallest absolute Gasteiger partial charge is 0.380 e. The fourth-order valence-electron chi connectivity index (χ4n) is 2.36. The number of nitrogens with one attached hydrogen (secondary N) is 2. The van der Waals surface area contributed by atoms with Gasteiger partial charge in [0.1, 0.15) is 0 Å². The molecule has 27 heavy (non-hydrogen) atoms. The Labute approximate surface area is 164 Å². The van der Waals surface area contributed by atoms with E-state index < -0.39 is 8.80 Å². The summed E-state index contributed by atoms with van der Waals surface area (Å²) >= 11 is 0.878. The van der Waals surface area contributed by atoms with Crippen molar-refractivity contribution in [2.24, 2.45) is 0 Å². The topological polar surface area (TPSA) is 90.4 Å². The van der Waals surface area contributed by atoms with Gasteiger partial charge in [-0.05, 0) is 37.3 Å². The zero-order valence-corrected chi connectivity index (χ0v) is 17.5. The molecule has 0 unspecified atom stereocenters. The van der Waals surface area contributed by atoms with Gasteiger partial charge in [-0.1, -0.05) is 22.7 Å². The van der Waals surface area contributed by atoms with Crippen LogP contribution in [0.2, 0.25) is 0 Å². The van der Waals surface area contributed by atoms with Crippen molar-refractivity contribution in [3.63, 3.8) is 0 Å². The third kappa shape index (κ3) is 6.48. The molecular formula is C17H24N2O6SSi. The maximum atomic E-state index is 8.41. The zero-order valence-electron chi connectivity index (χ0n) is 15.6. The van der Waals surface area contributed by atoms with Crippen LogP contribution in [0.3, 0.4) is 0 Å². The fraction of sp³-hybridized carbons (Fsp3) is 0.294. The predicted octanol–water partition coefficient (Wildman–Crippen LogP) is 4.00. The highest BCUT2D eigenvalue weighted by Gasteiger charge is 2.37. The quantitative estimate of drug-likeness (QED) is 0.219. The van der Waals surface area contributed by atoms with Crippen LogP contribution in [0.25, 0.3) is 0 Å². The number of rotatable bonds is 11. The second-order valence-corrected chi connectivity index (χ2v) is 9.33. The summed E-state index contributed by atoms with van der Waals surface area (Å²) in [5, 5.41) is 18.7. The van der Waals surface area contributed by atoms with Gasteiger partial charge in [0.25, 0.3) is 0 Å². The van der Waals surface area contributed by atoms with E-state index in [9.17, 15) is 0 Å². The lowest BCUT2D eigenvalue weighted by molar-refractivity contribution is -0.432. The summed E-state index contributed by atoms with van der Waals surface area (Å²) in [6.07, 6.45) is 0.381. The molecule has 0 saturated heterocycles. The van der Waals surface area contributed by atoms with Gasteiger partial charge in [-0.15, -0.1) is 4.33 Å². The summed E-state index contributed by atoms with van der Waals surface area (Å²) in [5.41, 5.74) is 3.75. The van der Waals surface area contributed by atoms with E-state index in [0.29, 0.717) is 11.1 Å². The molecule has 0 atom stereocenters. The molecule has 8 nitrogen and oxygen atoms in total. The van der Waals surface area contributed by atoms with Crippen LogP contribution in [0.4, 0.5) is 17.1 Å². The van der Waals surface area contributed by atoms with Crippen molar-refractivity contribution in [1.29, 1.82) is 0 Å². The van der Waals surface area contributed by atoms with E-state index in [-0.39, 0.29) is 0 Å². The standard InChI is InChI=1S/C17H24N2O6SSi/c1-13-5-7-14(8-6-13)19-16-9-15(10-17(11-16)26-25-24-20)18-12-27(21-2,22-3)23-4/h5-11,18-20H,12H2,1-4H3. The van der Waals surface area contributed by atoms with Gasteiger partial charge >= 0.3 is 8.80 Å². The summed E-state index contributed by atoms with van der Waals surface area (Å²) < 4.78 is 20.8. The Balaban J connectivity index is 2.20. The third-order valence-electron chi connectivity index (χ3n) is 3.85. The highest BCUT2D eigenvalue weighted by Crippen LogP contribution is 2.29. The predicted molar refractivity (Wildman–Crippen MR) is 107 cm³/mol. The molecule has 0 amide bonds. The Morgan fingerprint density at radius 3 is 2.15 bits per heavy atom.